The zero-order valence-electron chi connectivity index (χ0n) is 13.5. The van der Waals surface area contributed by atoms with Crippen LogP contribution in [0.15, 0.2) is 0 Å². The number of hydrogen-bond donors (Lipinski definition) is 0. The van der Waals surface area contributed by atoms with E-state index in [1.54, 1.807) is 6.92 Å². The number of nitrogens with zero attached hydrogens (tertiary/aromatic N) is 3. The number of carbonyl (C=O) groups excluding carboxylic acids is 1. The average Bonchev–Trinajstić information content (AvgIpc) is 2.11. The minimum Gasteiger partial charge on any atom is -0.342 e. The Hall–Kier alpha value is -0.610. The maximum Gasteiger partial charge on any atom is 0.219 e. The van der Waals surface area contributed by atoms with Crippen LogP contribution in [0.1, 0.15) is 19.8 Å². The van der Waals surface area contributed by atoms with Crippen molar-refractivity contribution in [2.75, 3.05) is 68.5 Å². The third-order valence-electron chi connectivity index (χ3n) is 2.96. The van der Waals surface area contributed by atoms with E-state index in [1.165, 1.54) is 0 Å². The summed E-state index contributed by atoms with van der Waals surface area (Å²) in [5.74, 6) is 0.206. The first-order valence-electron chi connectivity index (χ1n) is 6.88. The molecule has 0 radical (unpaired) electrons. The Bertz CT molecular complexity index is 231. The van der Waals surface area contributed by atoms with Gasteiger partial charge in [0.2, 0.25) is 5.91 Å². The van der Waals surface area contributed by atoms with Crippen LogP contribution < -0.4 is 0 Å². The minimum atomic E-state index is 0.206. The lowest BCUT2D eigenvalue weighted by molar-refractivity contribution is -0.870. The number of hydrogen-bond acceptors (Lipinski definition) is 1. The molecule has 0 saturated heterocycles. The van der Waals surface area contributed by atoms with Gasteiger partial charge in [-0.3, -0.25) is 4.79 Å². The molecule has 0 saturated carbocycles. The van der Waals surface area contributed by atoms with Crippen molar-refractivity contribution in [1.82, 2.24) is 4.90 Å². The minimum absolute atomic E-state index is 0.206. The Balaban J connectivity index is 3.98. The van der Waals surface area contributed by atoms with Crippen LogP contribution in [0.3, 0.4) is 0 Å². The molecule has 0 bridgehead atoms. The van der Waals surface area contributed by atoms with Gasteiger partial charge in [0.15, 0.2) is 0 Å². The van der Waals surface area contributed by atoms with Crippen LogP contribution >= 0.6 is 0 Å². The SMILES string of the molecule is CC(=O)N(CCC[N+](C)(C)C)CCC[N+](C)(C)C. The lowest BCUT2D eigenvalue weighted by Gasteiger charge is -2.28. The normalized spacial score (nSPS) is 12.6. The molecule has 0 aromatic heterocycles. The largest absolute Gasteiger partial charge is 0.342 e. The van der Waals surface area contributed by atoms with Crippen molar-refractivity contribution in [2.24, 2.45) is 0 Å². The Morgan fingerprint density at radius 3 is 1.39 bits per heavy atom. The van der Waals surface area contributed by atoms with E-state index in [4.69, 9.17) is 0 Å². The van der Waals surface area contributed by atoms with Crippen LogP contribution in [0.2, 0.25) is 0 Å². The molecule has 4 heteroatoms. The van der Waals surface area contributed by atoms with Crippen molar-refractivity contribution >= 4 is 5.91 Å². The average molecular weight is 259 g/mol. The summed E-state index contributed by atoms with van der Waals surface area (Å²) in [7, 11) is 13.1. The summed E-state index contributed by atoms with van der Waals surface area (Å²) in [6, 6.07) is 0. The summed E-state index contributed by atoms with van der Waals surface area (Å²) < 4.78 is 1.93. The Kier molecular flexibility index (Phi) is 6.86. The summed E-state index contributed by atoms with van der Waals surface area (Å²) in [6.45, 7) is 5.68. The molecule has 0 fully saturated rings. The second-order valence-corrected chi connectivity index (χ2v) is 7.24. The maximum absolute atomic E-state index is 11.6. The molecule has 0 spiro atoms. The van der Waals surface area contributed by atoms with Crippen molar-refractivity contribution in [1.29, 1.82) is 0 Å². The van der Waals surface area contributed by atoms with E-state index in [1.807, 2.05) is 4.90 Å². The van der Waals surface area contributed by atoms with Crippen LogP contribution in [0.25, 0.3) is 0 Å². The summed E-state index contributed by atoms with van der Waals surface area (Å²) in [6.07, 6.45) is 2.15. The summed E-state index contributed by atoms with van der Waals surface area (Å²) in [4.78, 5) is 13.6. The molecular formula is C14H33N3O+2. The fourth-order valence-corrected chi connectivity index (χ4v) is 1.90. The van der Waals surface area contributed by atoms with Crippen LogP contribution in [-0.4, -0.2) is 88.2 Å². The van der Waals surface area contributed by atoms with Gasteiger partial charge in [-0.2, -0.15) is 0 Å². The molecule has 18 heavy (non-hydrogen) atoms. The summed E-state index contributed by atoms with van der Waals surface area (Å²) in [5, 5.41) is 0. The van der Waals surface area contributed by atoms with E-state index >= 15 is 0 Å². The Labute approximate surface area is 113 Å². The molecule has 0 N–H and O–H groups in total. The fraction of sp³-hybridized carbons (Fsp3) is 0.929. The highest BCUT2D eigenvalue weighted by Gasteiger charge is 2.13. The predicted molar refractivity (Wildman–Crippen MR) is 77.3 cm³/mol. The number of carbonyl (C=O) groups is 1. The van der Waals surface area contributed by atoms with Crippen molar-refractivity contribution < 1.29 is 13.8 Å². The van der Waals surface area contributed by atoms with E-state index in [9.17, 15) is 4.79 Å². The van der Waals surface area contributed by atoms with Gasteiger partial charge in [0.1, 0.15) is 0 Å². The van der Waals surface area contributed by atoms with Crippen molar-refractivity contribution in [3.05, 3.63) is 0 Å². The van der Waals surface area contributed by atoms with Gasteiger partial charge in [-0.1, -0.05) is 0 Å². The van der Waals surface area contributed by atoms with E-state index < -0.39 is 0 Å². The fourth-order valence-electron chi connectivity index (χ4n) is 1.90. The van der Waals surface area contributed by atoms with Crippen LogP contribution in [0, 0.1) is 0 Å². The van der Waals surface area contributed by atoms with Gasteiger partial charge in [0.05, 0.1) is 55.4 Å². The van der Waals surface area contributed by atoms with Crippen LogP contribution in [0.4, 0.5) is 0 Å². The van der Waals surface area contributed by atoms with Crippen molar-refractivity contribution in [2.45, 2.75) is 19.8 Å². The first kappa shape index (κ1) is 17.4. The standard InChI is InChI=1S/C14H33N3O/c1-14(18)15(10-8-12-16(2,3)4)11-9-13-17(5,6)7/h8-13H2,1-7H3/q+2. The quantitative estimate of drug-likeness (QED) is 0.596. The smallest absolute Gasteiger partial charge is 0.219 e. The van der Waals surface area contributed by atoms with Gasteiger partial charge in [-0.15, -0.1) is 0 Å². The van der Waals surface area contributed by atoms with Crippen molar-refractivity contribution in [3.8, 4) is 0 Å². The van der Waals surface area contributed by atoms with Gasteiger partial charge in [-0.25, -0.2) is 0 Å². The third kappa shape index (κ3) is 10.5. The predicted octanol–water partition coefficient (Wildman–Crippen LogP) is 1.03. The number of rotatable bonds is 8. The molecule has 0 aliphatic heterocycles. The zero-order valence-corrected chi connectivity index (χ0v) is 13.5. The molecule has 0 aromatic carbocycles. The molecular weight excluding hydrogens is 226 g/mol. The van der Waals surface area contributed by atoms with E-state index in [-0.39, 0.29) is 5.91 Å². The van der Waals surface area contributed by atoms with Gasteiger partial charge in [0, 0.05) is 32.9 Å². The zero-order chi connectivity index (χ0) is 14.4. The molecule has 0 atom stereocenters. The first-order chi connectivity index (χ1) is 8.01. The van der Waals surface area contributed by atoms with Gasteiger partial charge in [0.25, 0.3) is 0 Å². The lowest BCUT2D eigenvalue weighted by atomic mass is 10.3. The highest BCUT2D eigenvalue weighted by Crippen LogP contribution is 2.01. The molecule has 0 heterocycles. The summed E-state index contributed by atoms with van der Waals surface area (Å²) >= 11 is 0. The highest BCUT2D eigenvalue weighted by molar-refractivity contribution is 5.73. The molecule has 0 aromatic rings. The van der Waals surface area contributed by atoms with Gasteiger partial charge >= 0.3 is 0 Å². The number of amides is 1. The van der Waals surface area contributed by atoms with Crippen LogP contribution in [0.5, 0.6) is 0 Å². The molecule has 108 valence electrons. The lowest BCUT2D eigenvalue weighted by Crippen LogP contribution is -2.40. The monoisotopic (exact) mass is 259 g/mol. The Morgan fingerprint density at radius 1 is 0.833 bits per heavy atom. The number of quaternary nitrogens is 2. The molecule has 1 amide bonds. The molecule has 0 aliphatic rings. The third-order valence-corrected chi connectivity index (χ3v) is 2.96. The molecule has 0 aliphatic carbocycles. The maximum atomic E-state index is 11.6. The second kappa shape index (κ2) is 7.10. The van der Waals surface area contributed by atoms with E-state index in [2.05, 4.69) is 42.3 Å². The molecule has 0 rings (SSSR count). The van der Waals surface area contributed by atoms with Gasteiger partial charge in [-0.05, 0) is 0 Å². The highest BCUT2D eigenvalue weighted by atomic mass is 16.2. The van der Waals surface area contributed by atoms with Gasteiger partial charge < -0.3 is 13.9 Å². The Morgan fingerprint density at radius 2 is 1.17 bits per heavy atom. The van der Waals surface area contributed by atoms with Crippen molar-refractivity contribution in [3.63, 3.8) is 0 Å². The topological polar surface area (TPSA) is 20.3 Å². The van der Waals surface area contributed by atoms with Crippen LogP contribution in [-0.2, 0) is 4.79 Å². The van der Waals surface area contributed by atoms with E-state index in [0.717, 1.165) is 48.0 Å². The molecule has 0 unspecified atom stereocenters. The first-order valence-corrected chi connectivity index (χ1v) is 6.88. The van der Waals surface area contributed by atoms with E-state index in [0.29, 0.717) is 0 Å². The molecule has 4 nitrogen and oxygen atoms in total. The summed E-state index contributed by atoms with van der Waals surface area (Å²) in [5.41, 5.74) is 0. The second-order valence-electron chi connectivity index (χ2n) is 7.24.